The summed E-state index contributed by atoms with van der Waals surface area (Å²) in [5.41, 5.74) is 4.67. The molecule has 0 aliphatic rings. The molecule has 0 spiro atoms. The van der Waals surface area contributed by atoms with Gasteiger partial charge in [0.05, 0.1) is 5.69 Å². The van der Waals surface area contributed by atoms with Crippen LogP contribution in [0.2, 0.25) is 0 Å². The third-order valence-corrected chi connectivity index (χ3v) is 3.52. The summed E-state index contributed by atoms with van der Waals surface area (Å²) in [6.45, 7) is 6.15. The predicted octanol–water partition coefficient (Wildman–Crippen LogP) is 3.24. The van der Waals surface area contributed by atoms with E-state index < -0.39 is 0 Å². The topological polar surface area (TPSA) is 46.9 Å². The van der Waals surface area contributed by atoms with E-state index in [1.54, 1.807) is 11.7 Å². The Hall–Kier alpha value is -2.10. The summed E-state index contributed by atoms with van der Waals surface area (Å²) in [4.78, 5) is 12.3. The molecule has 1 heterocycles. The van der Waals surface area contributed by atoms with Crippen LogP contribution < -0.4 is 5.32 Å². The lowest BCUT2D eigenvalue weighted by Gasteiger charge is -2.10. The van der Waals surface area contributed by atoms with Crippen molar-refractivity contribution in [2.24, 2.45) is 7.05 Å². The normalized spacial score (nSPS) is 10.6. The van der Waals surface area contributed by atoms with Crippen LogP contribution in [0.15, 0.2) is 24.3 Å². The minimum Gasteiger partial charge on any atom is -0.320 e. The molecule has 0 saturated heterocycles. The Labute approximate surface area is 119 Å². The molecule has 1 N–H and O–H groups in total. The van der Waals surface area contributed by atoms with Gasteiger partial charge in [0.25, 0.3) is 5.91 Å². The van der Waals surface area contributed by atoms with Crippen LogP contribution in [0.1, 0.15) is 40.7 Å². The summed E-state index contributed by atoms with van der Waals surface area (Å²) in [5, 5.41) is 7.32. The number of carbonyl (C=O) groups is 1. The number of rotatable bonds is 4. The molecule has 4 heteroatoms. The van der Waals surface area contributed by atoms with E-state index >= 15 is 0 Å². The first kappa shape index (κ1) is 14.3. The standard InChI is InChI=1S/C16H21N3O/c1-5-7-13-10-15(19(4)18-13)16(20)17-14-9-6-8-11(2)12(14)3/h6,8-10H,5,7H2,1-4H3,(H,17,20). The molecule has 0 unspecified atom stereocenters. The van der Waals surface area contributed by atoms with Crippen molar-refractivity contribution in [3.8, 4) is 0 Å². The Balaban J connectivity index is 2.22. The minimum absolute atomic E-state index is 0.115. The van der Waals surface area contributed by atoms with Crippen LogP contribution in [0, 0.1) is 13.8 Å². The van der Waals surface area contributed by atoms with Gasteiger partial charge >= 0.3 is 0 Å². The number of anilines is 1. The van der Waals surface area contributed by atoms with Crippen molar-refractivity contribution < 1.29 is 4.79 Å². The third-order valence-electron chi connectivity index (χ3n) is 3.52. The molecule has 0 saturated carbocycles. The van der Waals surface area contributed by atoms with Crippen molar-refractivity contribution in [3.05, 3.63) is 46.8 Å². The Morgan fingerprint density at radius 1 is 1.35 bits per heavy atom. The molecular formula is C16H21N3O. The highest BCUT2D eigenvalue weighted by molar-refractivity contribution is 6.03. The van der Waals surface area contributed by atoms with Gasteiger partial charge in [0.15, 0.2) is 0 Å². The van der Waals surface area contributed by atoms with Crippen LogP contribution in [0.5, 0.6) is 0 Å². The second-order valence-corrected chi connectivity index (χ2v) is 5.10. The Kier molecular flexibility index (Phi) is 4.23. The fourth-order valence-corrected chi connectivity index (χ4v) is 2.19. The molecular weight excluding hydrogens is 250 g/mol. The molecule has 1 amide bonds. The lowest BCUT2D eigenvalue weighted by atomic mass is 10.1. The van der Waals surface area contributed by atoms with E-state index in [0.29, 0.717) is 5.69 Å². The quantitative estimate of drug-likeness (QED) is 0.928. The SMILES string of the molecule is CCCc1cc(C(=O)Nc2cccc(C)c2C)n(C)n1. The highest BCUT2D eigenvalue weighted by Gasteiger charge is 2.14. The van der Waals surface area contributed by atoms with Crippen molar-refractivity contribution in [2.75, 3.05) is 5.32 Å². The largest absolute Gasteiger partial charge is 0.320 e. The van der Waals surface area contributed by atoms with Gasteiger partial charge in [-0.05, 0) is 43.5 Å². The molecule has 2 aromatic rings. The number of aromatic nitrogens is 2. The van der Waals surface area contributed by atoms with Crippen molar-refractivity contribution in [3.63, 3.8) is 0 Å². The van der Waals surface area contributed by atoms with Crippen LogP contribution in [-0.2, 0) is 13.5 Å². The van der Waals surface area contributed by atoms with Gasteiger partial charge in [0, 0.05) is 12.7 Å². The highest BCUT2D eigenvalue weighted by atomic mass is 16.2. The summed E-state index contributed by atoms with van der Waals surface area (Å²) in [6, 6.07) is 7.77. The fraction of sp³-hybridized carbons (Fsp3) is 0.375. The zero-order chi connectivity index (χ0) is 14.7. The van der Waals surface area contributed by atoms with Gasteiger partial charge in [0.1, 0.15) is 5.69 Å². The van der Waals surface area contributed by atoms with Crippen LogP contribution in [0.25, 0.3) is 0 Å². The fourth-order valence-electron chi connectivity index (χ4n) is 2.19. The number of nitrogens with one attached hydrogen (secondary N) is 1. The van der Waals surface area contributed by atoms with Crippen LogP contribution in [0.4, 0.5) is 5.69 Å². The zero-order valence-electron chi connectivity index (χ0n) is 12.5. The van der Waals surface area contributed by atoms with Gasteiger partial charge in [-0.15, -0.1) is 0 Å². The average molecular weight is 271 g/mol. The Bertz CT molecular complexity index is 629. The monoisotopic (exact) mass is 271 g/mol. The number of benzene rings is 1. The average Bonchev–Trinajstić information content (AvgIpc) is 2.76. The smallest absolute Gasteiger partial charge is 0.273 e. The molecule has 0 radical (unpaired) electrons. The lowest BCUT2D eigenvalue weighted by molar-refractivity contribution is 0.101. The lowest BCUT2D eigenvalue weighted by Crippen LogP contribution is -2.16. The van der Waals surface area contributed by atoms with Crippen molar-refractivity contribution in [1.29, 1.82) is 0 Å². The Morgan fingerprint density at radius 3 is 2.80 bits per heavy atom. The first-order chi connectivity index (χ1) is 9.52. The zero-order valence-corrected chi connectivity index (χ0v) is 12.5. The summed E-state index contributed by atoms with van der Waals surface area (Å²) >= 11 is 0. The molecule has 4 nitrogen and oxygen atoms in total. The van der Waals surface area contributed by atoms with E-state index in [2.05, 4.69) is 17.3 Å². The van der Waals surface area contributed by atoms with E-state index in [1.165, 1.54) is 5.56 Å². The maximum absolute atomic E-state index is 12.3. The van der Waals surface area contributed by atoms with Crippen LogP contribution in [0.3, 0.4) is 0 Å². The molecule has 106 valence electrons. The maximum atomic E-state index is 12.3. The van der Waals surface area contributed by atoms with Crippen molar-refractivity contribution in [2.45, 2.75) is 33.6 Å². The van der Waals surface area contributed by atoms with Crippen LogP contribution in [-0.4, -0.2) is 15.7 Å². The number of aryl methyl sites for hydroxylation is 3. The molecule has 0 aliphatic heterocycles. The van der Waals surface area contributed by atoms with Gasteiger partial charge in [-0.2, -0.15) is 5.10 Å². The minimum atomic E-state index is -0.115. The maximum Gasteiger partial charge on any atom is 0.273 e. The third kappa shape index (κ3) is 2.90. The van der Waals surface area contributed by atoms with E-state index in [-0.39, 0.29) is 5.91 Å². The summed E-state index contributed by atoms with van der Waals surface area (Å²) in [6.07, 6.45) is 1.92. The molecule has 1 aromatic carbocycles. The highest BCUT2D eigenvalue weighted by Crippen LogP contribution is 2.19. The summed E-state index contributed by atoms with van der Waals surface area (Å²) in [5.74, 6) is -0.115. The van der Waals surface area contributed by atoms with E-state index in [0.717, 1.165) is 29.8 Å². The van der Waals surface area contributed by atoms with Gasteiger partial charge < -0.3 is 5.32 Å². The number of nitrogens with zero attached hydrogens (tertiary/aromatic N) is 2. The summed E-state index contributed by atoms with van der Waals surface area (Å²) in [7, 11) is 1.80. The first-order valence-electron chi connectivity index (χ1n) is 6.93. The molecule has 0 atom stereocenters. The first-order valence-corrected chi connectivity index (χ1v) is 6.93. The van der Waals surface area contributed by atoms with Gasteiger partial charge in [-0.1, -0.05) is 25.5 Å². The number of hydrogen-bond donors (Lipinski definition) is 1. The van der Waals surface area contributed by atoms with Gasteiger partial charge in [-0.3, -0.25) is 9.48 Å². The molecule has 1 aromatic heterocycles. The molecule has 2 rings (SSSR count). The van der Waals surface area contributed by atoms with Crippen molar-refractivity contribution >= 4 is 11.6 Å². The Morgan fingerprint density at radius 2 is 2.10 bits per heavy atom. The number of carbonyl (C=O) groups excluding carboxylic acids is 1. The van der Waals surface area contributed by atoms with E-state index in [9.17, 15) is 4.79 Å². The van der Waals surface area contributed by atoms with Crippen molar-refractivity contribution in [1.82, 2.24) is 9.78 Å². The number of hydrogen-bond acceptors (Lipinski definition) is 2. The van der Waals surface area contributed by atoms with Crippen LogP contribution >= 0.6 is 0 Å². The predicted molar refractivity (Wildman–Crippen MR) is 81.1 cm³/mol. The molecule has 20 heavy (non-hydrogen) atoms. The van der Waals surface area contributed by atoms with Gasteiger partial charge in [0.2, 0.25) is 0 Å². The second-order valence-electron chi connectivity index (χ2n) is 5.10. The second kappa shape index (κ2) is 5.90. The summed E-state index contributed by atoms with van der Waals surface area (Å²) < 4.78 is 1.64. The number of amides is 1. The van der Waals surface area contributed by atoms with E-state index in [1.807, 2.05) is 38.1 Å². The van der Waals surface area contributed by atoms with E-state index in [4.69, 9.17) is 0 Å². The van der Waals surface area contributed by atoms with Gasteiger partial charge in [-0.25, -0.2) is 0 Å². The molecule has 0 fully saturated rings. The molecule has 0 aliphatic carbocycles. The molecule has 0 bridgehead atoms.